The number of methoxy groups -OCH3 is 1. The summed E-state index contributed by atoms with van der Waals surface area (Å²) in [5.41, 5.74) is 6.15. The molecule has 0 spiro atoms. The smallest absolute Gasteiger partial charge is 0.333 e. The topological polar surface area (TPSA) is 52.3 Å². The molecule has 0 aromatic rings. The van der Waals surface area contributed by atoms with E-state index in [1.807, 2.05) is 6.92 Å². The molecule has 0 heterocycles. The Bertz CT molecular complexity index is 161. The van der Waals surface area contributed by atoms with Crippen LogP contribution in [0.2, 0.25) is 0 Å². The Morgan fingerprint density at radius 3 is 2.55 bits per heavy atom. The second-order valence-corrected chi connectivity index (χ2v) is 2.49. The fourth-order valence-electron chi connectivity index (χ4n) is 0.797. The van der Waals surface area contributed by atoms with Crippen LogP contribution in [0.15, 0.2) is 11.6 Å². The van der Waals surface area contributed by atoms with Gasteiger partial charge in [-0.2, -0.15) is 0 Å². The molecule has 0 aromatic carbocycles. The number of hydrogen-bond donors (Lipinski definition) is 1. The van der Waals surface area contributed by atoms with E-state index in [0.717, 1.165) is 0 Å². The average Bonchev–Trinajstić information content (AvgIpc) is 1.98. The normalized spacial score (nSPS) is 14.4. The molecule has 64 valence electrons. The van der Waals surface area contributed by atoms with E-state index in [9.17, 15) is 4.79 Å². The largest absolute Gasteiger partial charge is 0.466 e. The molecule has 2 N–H and O–H groups in total. The predicted octanol–water partition coefficient (Wildman–Crippen LogP) is 0.843. The lowest BCUT2D eigenvalue weighted by molar-refractivity contribution is -0.136. The number of carbonyl (C=O) groups is 1. The van der Waals surface area contributed by atoms with Gasteiger partial charge in [0.15, 0.2) is 0 Å². The van der Waals surface area contributed by atoms with Crippen LogP contribution in [0.3, 0.4) is 0 Å². The number of carbonyl (C=O) groups excluding carboxylic acids is 1. The zero-order valence-electron chi connectivity index (χ0n) is 7.26. The van der Waals surface area contributed by atoms with Gasteiger partial charge in [0.25, 0.3) is 0 Å². The summed E-state index contributed by atoms with van der Waals surface area (Å²) in [6, 6.07) is 0.000278. The summed E-state index contributed by atoms with van der Waals surface area (Å²) in [6.45, 7) is 3.65. The van der Waals surface area contributed by atoms with Crippen molar-refractivity contribution in [3.63, 3.8) is 0 Å². The van der Waals surface area contributed by atoms with Gasteiger partial charge in [0, 0.05) is 11.6 Å². The molecule has 0 aliphatic carbocycles. The van der Waals surface area contributed by atoms with E-state index in [0.29, 0.717) is 12.0 Å². The van der Waals surface area contributed by atoms with Gasteiger partial charge in [-0.1, -0.05) is 6.08 Å². The molecule has 0 amide bonds. The number of allylic oxidation sites excluding steroid dienone is 1. The molecule has 0 fully saturated rings. The van der Waals surface area contributed by atoms with Gasteiger partial charge in [-0.05, 0) is 20.3 Å². The summed E-state index contributed by atoms with van der Waals surface area (Å²) in [5.74, 6) is -0.287. The minimum atomic E-state index is -0.287. The van der Waals surface area contributed by atoms with Crippen molar-refractivity contribution in [3.05, 3.63) is 11.6 Å². The molecule has 0 aliphatic heterocycles. The minimum absolute atomic E-state index is 0.000278. The third-order valence-corrected chi connectivity index (χ3v) is 1.34. The van der Waals surface area contributed by atoms with Gasteiger partial charge in [-0.15, -0.1) is 0 Å². The van der Waals surface area contributed by atoms with Crippen molar-refractivity contribution < 1.29 is 9.53 Å². The van der Waals surface area contributed by atoms with Crippen LogP contribution in [0, 0.1) is 0 Å². The van der Waals surface area contributed by atoms with Crippen molar-refractivity contribution >= 4 is 5.97 Å². The summed E-state index contributed by atoms with van der Waals surface area (Å²) in [7, 11) is 1.37. The van der Waals surface area contributed by atoms with E-state index in [1.165, 1.54) is 7.11 Å². The van der Waals surface area contributed by atoms with Crippen LogP contribution in [0.4, 0.5) is 0 Å². The van der Waals surface area contributed by atoms with Crippen LogP contribution in [0.1, 0.15) is 20.3 Å². The molecule has 3 nitrogen and oxygen atoms in total. The fourth-order valence-corrected chi connectivity index (χ4v) is 0.797. The van der Waals surface area contributed by atoms with Crippen LogP contribution in [0.25, 0.3) is 0 Å². The fraction of sp³-hybridized carbons (Fsp3) is 0.625. The Hall–Kier alpha value is -0.830. The van der Waals surface area contributed by atoms with Crippen molar-refractivity contribution in [2.75, 3.05) is 7.11 Å². The van der Waals surface area contributed by atoms with E-state index < -0.39 is 0 Å². The van der Waals surface area contributed by atoms with Gasteiger partial charge in [-0.25, -0.2) is 4.79 Å². The van der Waals surface area contributed by atoms with Crippen molar-refractivity contribution in [3.8, 4) is 0 Å². The first-order valence-corrected chi connectivity index (χ1v) is 3.61. The van der Waals surface area contributed by atoms with Crippen LogP contribution >= 0.6 is 0 Å². The van der Waals surface area contributed by atoms with E-state index in [1.54, 1.807) is 13.0 Å². The van der Waals surface area contributed by atoms with Gasteiger partial charge in [0.2, 0.25) is 0 Å². The first-order chi connectivity index (χ1) is 5.11. The van der Waals surface area contributed by atoms with Crippen molar-refractivity contribution in [2.45, 2.75) is 26.3 Å². The third kappa shape index (κ3) is 3.78. The molecule has 0 saturated heterocycles. The molecule has 1 atom stereocenters. The highest BCUT2D eigenvalue weighted by Crippen LogP contribution is 2.05. The molecular formula is C8H15NO2. The quantitative estimate of drug-likeness (QED) is 0.488. The molecule has 0 radical (unpaired) electrons. The highest BCUT2D eigenvalue weighted by atomic mass is 16.5. The molecule has 0 bridgehead atoms. The summed E-state index contributed by atoms with van der Waals surface area (Å²) in [6.07, 6.45) is 2.30. The molecule has 11 heavy (non-hydrogen) atoms. The lowest BCUT2D eigenvalue weighted by Gasteiger charge is -2.06. The number of nitrogens with two attached hydrogens (primary N) is 1. The maximum absolute atomic E-state index is 10.9. The van der Waals surface area contributed by atoms with Crippen molar-refractivity contribution in [1.29, 1.82) is 0 Å². The number of ether oxygens (including phenoxy) is 1. The van der Waals surface area contributed by atoms with E-state index in [4.69, 9.17) is 5.73 Å². The molecule has 3 heteroatoms. The first-order valence-electron chi connectivity index (χ1n) is 3.61. The average molecular weight is 157 g/mol. The molecule has 0 rings (SSSR count). The Labute approximate surface area is 67.2 Å². The number of hydrogen-bond acceptors (Lipinski definition) is 3. The predicted molar refractivity (Wildman–Crippen MR) is 44.0 cm³/mol. The highest BCUT2D eigenvalue weighted by molar-refractivity contribution is 5.88. The van der Waals surface area contributed by atoms with Gasteiger partial charge in [0.1, 0.15) is 0 Å². The van der Waals surface area contributed by atoms with Gasteiger partial charge < -0.3 is 10.5 Å². The zero-order chi connectivity index (χ0) is 8.85. The van der Waals surface area contributed by atoms with Gasteiger partial charge in [0.05, 0.1) is 7.11 Å². The molecule has 1 unspecified atom stereocenters. The Balaban J connectivity index is 4.09. The van der Waals surface area contributed by atoms with Crippen LogP contribution < -0.4 is 5.73 Å². The van der Waals surface area contributed by atoms with Crippen LogP contribution in [0.5, 0.6) is 0 Å². The monoisotopic (exact) mass is 157 g/mol. The lowest BCUT2D eigenvalue weighted by atomic mass is 10.1. The standard InChI is InChI=1S/C8H15NO2/c1-4-7(5-6(2)9)8(10)11-3/h4,6H,5,9H2,1-3H3. The summed E-state index contributed by atoms with van der Waals surface area (Å²) < 4.78 is 4.54. The van der Waals surface area contributed by atoms with E-state index in [-0.39, 0.29) is 12.0 Å². The Morgan fingerprint density at radius 2 is 2.27 bits per heavy atom. The van der Waals surface area contributed by atoms with Crippen LogP contribution in [-0.4, -0.2) is 19.1 Å². The Kier molecular flexibility index (Phi) is 4.54. The van der Waals surface area contributed by atoms with Crippen molar-refractivity contribution in [1.82, 2.24) is 0 Å². The zero-order valence-corrected chi connectivity index (χ0v) is 7.26. The number of esters is 1. The van der Waals surface area contributed by atoms with Gasteiger partial charge >= 0.3 is 5.97 Å². The molecular weight excluding hydrogens is 142 g/mol. The van der Waals surface area contributed by atoms with Gasteiger partial charge in [-0.3, -0.25) is 0 Å². The third-order valence-electron chi connectivity index (χ3n) is 1.34. The minimum Gasteiger partial charge on any atom is -0.466 e. The second-order valence-electron chi connectivity index (χ2n) is 2.49. The second kappa shape index (κ2) is 4.91. The molecule has 0 aliphatic rings. The van der Waals surface area contributed by atoms with Crippen molar-refractivity contribution in [2.24, 2.45) is 5.73 Å². The summed E-state index contributed by atoms with van der Waals surface area (Å²) >= 11 is 0. The SMILES string of the molecule is CC=C(CC(C)N)C(=O)OC. The highest BCUT2D eigenvalue weighted by Gasteiger charge is 2.09. The molecule has 0 aromatic heterocycles. The first kappa shape index (κ1) is 10.2. The molecule has 0 saturated carbocycles. The lowest BCUT2D eigenvalue weighted by Crippen LogP contribution is -2.19. The maximum atomic E-state index is 10.9. The van der Waals surface area contributed by atoms with Crippen LogP contribution in [-0.2, 0) is 9.53 Å². The maximum Gasteiger partial charge on any atom is 0.333 e. The van der Waals surface area contributed by atoms with E-state index >= 15 is 0 Å². The summed E-state index contributed by atoms with van der Waals surface area (Å²) in [4.78, 5) is 10.9. The summed E-state index contributed by atoms with van der Waals surface area (Å²) in [5, 5.41) is 0. The van der Waals surface area contributed by atoms with E-state index in [2.05, 4.69) is 4.74 Å². The number of rotatable bonds is 3. The Morgan fingerprint density at radius 1 is 1.73 bits per heavy atom.